The first-order valence-corrected chi connectivity index (χ1v) is 7.94. The van der Waals surface area contributed by atoms with Gasteiger partial charge < -0.3 is 5.32 Å². The van der Waals surface area contributed by atoms with E-state index in [0.717, 1.165) is 5.69 Å². The van der Waals surface area contributed by atoms with Crippen molar-refractivity contribution in [2.45, 2.75) is 25.9 Å². The number of pyridine rings is 1. The Labute approximate surface area is 148 Å². The van der Waals surface area contributed by atoms with Crippen LogP contribution in [-0.2, 0) is 0 Å². The fourth-order valence-electron chi connectivity index (χ4n) is 1.93. The van der Waals surface area contributed by atoms with E-state index < -0.39 is 18.6 Å². The van der Waals surface area contributed by atoms with E-state index in [4.69, 9.17) is 17.0 Å². The van der Waals surface area contributed by atoms with E-state index in [9.17, 15) is 18.0 Å². The van der Waals surface area contributed by atoms with Crippen LogP contribution >= 0.6 is 11.6 Å². The summed E-state index contributed by atoms with van der Waals surface area (Å²) in [5.74, 6) is 0. The normalized spacial score (nSPS) is 12.0. The van der Waals surface area contributed by atoms with Gasteiger partial charge in [-0.1, -0.05) is 11.6 Å². The predicted molar refractivity (Wildman–Crippen MR) is 88.6 cm³/mol. The van der Waals surface area contributed by atoms with E-state index in [-0.39, 0.29) is 30.4 Å². The number of quaternary nitrogens is 1. The molecule has 0 unspecified atom stereocenters. The number of urea groups is 1. The Balaban J connectivity index is 2.71. The lowest BCUT2D eigenvalue weighted by Crippen LogP contribution is -2.72. The number of hydrogen-bond donors (Lipinski definition) is 3. The van der Waals surface area contributed by atoms with Crippen molar-refractivity contribution in [3.63, 3.8) is 0 Å². The maximum Gasteiger partial charge on any atom is 0.389 e. The third-order valence-electron chi connectivity index (χ3n) is 3.11. The highest BCUT2D eigenvalue weighted by Gasteiger charge is 2.26. The molecule has 0 radical (unpaired) electrons. The highest BCUT2D eigenvalue weighted by Crippen LogP contribution is 2.20. The summed E-state index contributed by atoms with van der Waals surface area (Å²) in [5, 5.41) is 11.3. The van der Waals surface area contributed by atoms with Crippen molar-refractivity contribution in [1.29, 1.82) is 5.41 Å². The van der Waals surface area contributed by atoms with Crippen molar-refractivity contribution in [3.05, 3.63) is 36.4 Å². The van der Waals surface area contributed by atoms with Crippen LogP contribution in [0.25, 0.3) is 0 Å². The highest BCUT2D eigenvalue weighted by atomic mass is 35.5. The summed E-state index contributed by atoms with van der Waals surface area (Å²) >= 11 is 5.76. The number of rotatable bonds is 8. The van der Waals surface area contributed by atoms with Gasteiger partial charge in [0.15, 0.2) is 5.69 Å². The zero-order chi connectivity index (χ0) is 18.9. The lowest BCUT2D eigenvalue weighted by atomic mass is 10.3. The van der Waals surface area contributed by atoms with E-state index in [1.54, 1.807) is 36.8 Å². The van der Waals surface area contributed by atoms with E-state index in [1.807, 2.05) is 0 Å². The van der Waals surface area contributed by atoms with Gasteiger partial charge in [0.1, 0.15) is 17.1 Å². The van der Waals surface area contributed by atoms with Crippen LogP contribution in [0.4, 0.5) is 23.7 Å². The molecule has 10 heteroatoms. The molecule has 138 valence electrons. The summed E-state index contributed by atoms with van der Waals surface area (Å²) in [7, 11) is 0. The number of hydrogen-bond acceptors (Lipinski definition) is 3. The fourth-order valence-corrected chi connectivity index (χ4v) is 2.10. The molecule has 0 saturated carbocycles. The monoisotopic (exact) mass is 378 g/mol. The lowest BCUT2D eigenvalue weighted by Gasteiger charge is -2.22. The van der Waals surface area contributed by atoms with E-state index in [1.165, 1.54) is 11.1 Å². The van der Waals surface area contributed by atoms with Crippen molar-refractivity contribution in [3.8, 4) is 0 Å². The first-order chi connectivity index (χ1) is 11.7. The molecule has 0 saturated heterocycles. The van der Waals surface area contributed by atoms with Gasteiger partial charge in [0.2, 0.25) is 0 Å². The van der Waals surface area contributed by atoms with Gasteiger partial charge in [-0.15, -0.1) is 0 Å². The Hall–Kier alpha value is -2.13. The van der Waals surface area contributed by atoms with Gasteiger partial charge in [-0.05, 0) is 19.4 Å². The van der Waals surface area contributed by atoms with Crippen LogP contribution in [-0.4, -0.2) is 40.4 Å². The van der Waals surface area contributed by atoms with Gasteiger partial charge in [0.05, 0.1) is 6.20 Å². The summed E-state index contributed by atoms with van der Waals surface area (Å²) < 4.78 is 36.3. The molecule has 1 rings (SSSR count). The van der Waals surface area contributed by atoms with E-state index >= 15 is 0 Å². The first-order valence-electron chi connectivity index (χ1n) is 7.56. The van der Waals surface area contributed by atoms with E-state index in [2.05, 4.69) is 10.3 Å². The van der Waals surface area contributed by atoms with Gasteiger partial charge in [-0.3, -0.25) is 20.6 Å². The minimum Gasteiger partial charge on any atom is -0.338 e. The van der Waals surface area contributed by atoms with Gasteiger partial charge >= 0.3 is 12.2 Å². The van der Waals surface area contributed by atoms with Crippen LogP contribution < -0.4 is 10.6 Å². The maximum atomic E-state index is 12.2. The van der Waals surface area contributed by atoms with Crippen LogP contribution in [0.15, 0.2) is 36.4 Å². The lowest BCUT2D eigenvalue weighted by molar-refractivity contribution is -0.497. The minimum atomic E-state index is -4.25. The third-order valence-corrected chi connectivity index (χ3v) is 3.30. The second-order valence-electron chi connectivity index (χ2n) is 5.01. The number of alkyl halides is 3. The molecule has 25 heavy (non-hydrogen) atoms. The highest BCUT2D eigenvalue weighted by molar-refractivity contribution is 6.68. The standard InChI is InChI=1S/C15H19ClF3N5O/c1-2-24(14(25)22-8-4-6-15(17,18)19)12(13(16)20)10-23-11-5-3-7-21-9-11/h3,5,7,9-10,20,23H,2,4,6,8H2,1H3,(H,22,25)/p+1/b12-10+,20-13?. The summed E-state index contributed by atoms with van der Waals surface area (Å²) in [4.78, 5) is 17.3. The number of nitrogens with one attached hydrogen (secondary N) is 2. The minimum absolute atomic E-state index is 0.121. The van der Waals surface area contributed by atoms with Gasteiger partial charge in [-0.25, -0.2) is 4.79 Å². The Morgan fingerprint density at radius 2 is 2.24 bits per heavy atom. The molecule has 0 bridgehead atoms. The Kier molecular flexibility index (Phi) is 8.36. The van der Waals surface area contributed by atoms with Crippen molar-refractivity contribution in [2.75, 3.05) is 13.1 Å². The molecule has 0 spiro atoms. The SMILES string of the molecule is CCN(C(=O)NCCCC(F)(F)F)/C(=C/[NH2+]c1cccnc1)C(=N)Cl. The fraction of sp³-hybridized carbons (Fsp3) is 0.400. The molecule has 0 fully saturated rings. The van der Waals surface area contributed by atoms with E-state index in [0.29, 0.717) is 0 Å². The third kappa shape index (κ3) is 7.99. The summed E-state index contributed by atoms with van der Waals surface area (Å²) in [5.41, 5.74) is 0.890. The average molecular weight is 379 g/mol. The molecule has 0 aromatic carbocycles. The Morgan fingerprint density at radius 1 is 1.52 bits per heavy atom. The molecule has 0 aliphatic heterocycles. The molecular formula is C15H20ClF3N5O+. The second kappa shape index (κ2) is 10.00. The molecule has 1 aromatic heterocycles. The molecule has 4 N–H and O–H groups in total. The summed E-state index contributed by atoms with van der Waals surface area (Å²) in [6.07, 6.45) is -0.742. The van der Waals surface area contributed by atoms with Crippen LogP contribution in [0.2, 0.25) is 0 Å². The van der Waals surface area contributed by atoms with Crippen LogP contribution in [0.1, 0.15) is 19.8 Å². The number of nitrogens with two attached hydrogens (primary N) is 1. The largest absolute Gasteiger partial charge is 0.389 e. The number of carbonyl (C=O) groups excluding carboxylic acids is 1. The molecule has 2 amide bonds. The molecule has 0 aliphatic rings. The number of nitrogens with zero attached hydrogens (tertiary/aromatic N) is 2. The zero-order valence-corrected chi connectivity index (χ0v) is 14.4. The number of carbonyl (C=O) groups is 1. The molecule has 1 heterocycles. The summed E-state index contributed by atoms with van der Waals surface area (Å²) in [6.45, 7) is 1.75. The predicted octanol–water partition coefficient (Wildman–Crippen LogP) is 2.71. The van der Waals surface area contributed by atoms with Gasteiger partial charge in [-0.2, -0.15) is 13.2 Å². The number of aromatic nitrogens is 1. The molecule has 1 aromatic rings. The van der Waals surface area contributed by atoms with Crippen molar-refractivity contribution in [1.82, 2.24) is 15.2 Å². The quantitative estimate of drug-likeness (QED) is 0.480. The molecule has 0 aliphatic carbocycles. The Morgan fingerprint density at radius 3 is 2.76 bits per heavy atom. The van der Waals surface area contributed by atoms with Crippen LogP contribution in [0.3, 0.4) is 0 Å². The van der Waals surface area contributed by atoms with Crippen LogP contribution in [0.5, 0.6) is 0 Å². The smallest absolute Gasteiger partial charge is 0.338 e. The average Bonchev–Trinajstić information content (AvgIpc) is 2.55. The van der Waals surface area contributed by atoms with Gasteiger partial charge in [0, 0.05) is 31.8 Å². The summed E-state index contributed by atoms with van der Waals surface area (Å²) in [6, 6.07) is 2.91. The van der Waals surface area contributed by atoms with Crippen molar-refractivity contribution >= 4 is 28.5 Å². The number of halogens is 4. The van der Waals surface area contributed by atoms with Crippen molar-refractivity contribution in [2.24, 2.45) is 0 Å². The molecule has 6 nitrogen and oxygen atoms in total. The van der Waals surface area contributed by atoms with Gasteiger partial charge in [0.25, 0.3) is 0 Å². The molecular weight excluding hydrogens is 359 g/mol. The number of allylic oxidation sites excluding steroid dienone is 1. The number of amides is 2. The first kappa shape index (κ1) is 20.9. The maximum absolute atomic E-state index is 12.2. The van der Waals surface area contributed by atoms with Crippen molar-refractivity contribution < 1.29 is 23.3 Å². The zero-order valence-electron chi connectivity index (χ0n) is 13.6. The van der Waals surface area contributed by atoms with Crippen LogP contribution in [0, 0.1) is 5.41 Å². The topological polar surface area (TPSA) is 85.7 Å². The second-order valence-corrected chi connectivity index (χ2v) is 5.39. The molecule has 0 atom stereocenters. The Bertz CT molecular complexity index is 607.